The molecule has 1 atom stereocenters. The van der Waals surface area contributed by atoms with Crippen molar-refractivity contribution in [1.29, 1.82) is 0 Å². The first-order valence-electron chi connectivity index (χ1n) is 7.44. The number of carboxylic acid groups (broad SMARTS) is 1. The molecule has 0 aliphatic carbocycles. The quantitative estimate of drug-likeness (QED) is 0.560. The highest BCUT2D eigenvalue weighted by Gasteiger charge is 2.21. The van der Waals surface area contributed by atoms with Crippen LogP contribution in [0.4, 0.5) is 5.69 Å². The van der Waals surface area contributed by atoms with E-state index in [1.165, 1.54) is 25.3 Å². The molecule has 23 heavy (non-hydrogen) atoms. The molecule has 0 radical (unpaired) electrons. The maximum absolute atomic E-state index is 12.4. The third-order valence-corrected chi connectivity index (χ3v) is 4.74. The van der Waals surface area contributed by atoms with Gasteiger partial charge >= 0.3 is 5.97 Å². The number of sulfonamides is 1. The maximum atomic E-state index is 12.4. The van der Waals surface area contributed by atoms with Crippen molar-refractivity contribution in [3.63, 3.8) is 0 Å². The molecule has 0 unspecified atom stereocenters. The zero-order valence-corrected chi connectivity index (χ0v) is 14.4. The number of nitrogens with one attached hydrogen (secondary N) is 2. The molecule has 1 rings (SSSR count). The lowest BCUT2D eigenvalue weighted by Crippen LogP contribution is -2.29. The van der Waals surface area contributed by atoms with Crippen LogP contribution in [-0.2, 0) is 14.8 Å². The van der Waals surface area contributed by atoms with Crippen LogP contribution in [0.15, 0.2) is 23.1 Å². The zero-order valence-electron chi connectivity index (χ0n) is 13.6. The van der Waals surface area contributed by atoms with Crippen LogP contribution in [0.5, 0.6) is 0 Å². The molecule has 1 aromatic rings. The predicted molar refractivity (Wildman–Crippen MR) is 88.5 cm³/mol. The molecule has 130 valence electrons. The largest absolute Gasteiger partial charge is 0.478 e. The van der Waals surface area contributed by atoms with E-state index in [0.717, 1.165) is 12.8 Å². The topological polar surface area (TPSA) is 105 Å². The lowest BCUT2D eigenvalue weighted by molar-refractivity contribution is 0.0696. The Morgan fingerprint density at radius 2 is 2.09 bits per heavy atom. The van der Waals surface area contributed by atoms with Gasteiger partial charge in [-0.25, -0.2) is 17.9 Å². The number of rotatable bonds is 10. The number of carbonyl (C=O) groups is 1. The summed E-state index contributed by atoms with van der Waals surface area (Å²) in [6.07, 6.45) is 1.83. The van der Waals surface area contributed by atoms with Gasteiger partial charge in [0.05, 0.1) is 17.9 Å². The van der Waals surface area contributed by atoms with Crippen molar-refractivity contribution in [3.05, 3.63) is 23.8 Å². The fourth-order valence-corrected chi connectivity index (χ4v) is 3.33. The highest BCUT2D eigenvalue weighted by molar-refractivity contribution is 7.89. The van der Waals surface area contributed by atoms with E-state index in [2.05, 4.69) is 10.0 Å². The fourth-order valence-electron chi connectivity index (χ4n) is 2.12. The minimum Gasteiger partial charge on any atom is -0.478 e. The number of benzene rings is 1. The van der Waals surface area contributed by atoms with Gasteiger partial charge in [0, 0.05) is 19.7 Å². The average molecular weight is 344 g/mol. The van der Waals surface area contributed by atoms with Gasteiger partial charge in [0.25, 0.3) is 0 Å². The number of hydrogen-bond acceptors (Lipinski definition) is 5. The van der Waals surface area contributed by atoms with Crippen molar-refractivity contribution in [2.75, 3.05) is 25.6 Å². The zero-order chi connectivity index (χ0) is 17.5. The van der Waals surface area contributed by atoms with Crippen LogP contribution < -0.4 is 10.0 Å². The Kier molecular flexibility index (Phi) is 7.47. The van der Waals surface area contributed by atoms with Crippen LogP contribution in [0.1, 0.15) is 37.0 Å². The second-order valence-corrected chi connectivity index (χ2v) is 6.98. The summed E-state index contributed by atoms with van der Waals surface area (Å²) in [4.78, 5) is 11.0. The van der Waals surface area contributed by atoms with Crippen LogP contribution in [0.2, 0.25) is 0 Å². The molecule has 7 nitrogen and oxygen atoms in total. The minimum absolute atomic E-state index is 0.0727. The SMILES string of the molecule is CCC[C@@H](C)Nc1ccc(C(=O)O)cc1S(=O)(=O)NCCOC. The molecular weight excluding hydrogens is 320 g/mol. The van der Waals surface area contributed by atoms with Crippen molar-refractivity contribution in [1.82, 2.24) is 4.72 Å². The number of aromatic carboxylic acids is 1. The fraction of sp³-hybridized carbons (Fsp3) is 0.533. The average Bonchev–Trinajstić information content (AvgIpc) is 2.47. The third-order valence-electron chi connectivity index (χ3n) is 3.24. The van der Waals surface area contributed by atoms with Gasteiger partial charge in [-0.3, -0.25) is 0 Å². The Morgan fingerprint density at radius 1 is 1.39 bits per heavy atom. The minimum atomic E-state index is -3.84. The molecule has 0 heterocycles. The van der Waals surface area contributed by atoms with Gasteiger partial charge in [-0.1, -0.05) is 13.3 Å². The molecule has 0 saturated heterocycles. The number of anilines is 1. The summed E-state index contributed by atoms with van der Waals surface area (Å²) in [5.41, 5.74) is 0.312. The standard InChI is InChI=1S/C15H24N2O5S/c1-4-5-11(2)17-13-7-6-12(15(18)19)10-14(13)23(20,21)16-8-9-22-3/h6-7,10-11,16-17H,4-5,8-9H2,1-3H3,(H,18,19)/t11-/m1/s1. The van der Waals surface area contributed by atoms with E-state index < -0.39 is 16.0 Å². The summed E-state index contributed by atoms with van der Waals surface area (Å²) >= 11 is 0. The number of hydrogen-bond donors (Lipinski definition) is 3. The second-order valence-electron chi connectivity index (χ2n) is 5.24. The normalized spacial score (nSPS) is 12.8. The number of methoxy groups -OCH3 is 1. The van der Waals surface area contributed by atoms with Crippen molar-refractivity contribution < 1.29 is 23.1 Å². The van der Waals surface area contributed by atoms with E-state index >= 15 is 0 Å². The van der Waals surface area contributed by atoms with Crippen LogP contribution in [-0.4, -0.2) is 45.8 Å². The van der Waals surface area contributed by atoms with Crippen LogP contribution in [0.3, 0.4) is 0 Å². The number of ether oxygens (including phenoxy) is 1. The molecule has 0 saturated carbocycles. The summed E-state index contributed by atoms with van der Waals surface area (Å²) in [5, 5.41) is 12.2. The van der Waals surface area contributed by atoms with E-state index in [1.54, 1.807) is 0 Å². The Morgan fingerprint density at radius 3 is 2.65 bits per heavy atom. The van der Waals surface area contributed by atoms with E-state index in [1.807, 2.05) is 13.8 Å². The lowest BCUT2D eigenvalue weighted by Gasteiger charge is -2.18. The van der Waals surface area contributed by atoms with Gasteiger partial charge in [-0.05, 0) is 31.5 Å². The highest BCUT2D eigenvalue weighted by atomic mass is 32.2. The Bertz CT molecular complexity index is 631. The van der Waals surface area contributed by atoms with Crippen molar-refractivity contribution >= 4 is 21.7 Å². The van der Waals surface area contributed by atoms with Crippen LogP contribution in [0, 0.1) is 0 Å². The molecule has 0 fully saturated rings. The molecule has 0 aromatic heterocycles. The van der Waals surface area contributed by atoms with E-state index in [-0.39, 0.29) is 29.7 Å². The van der Waals surface area contributed by atoms with Gasteiger partial charge < -0.3 is 15.2 Å². The molecule has 0 amide bonds. The van der Waals surface area contributed by atoms with Gasteiger partial charge in [0.15, 0.2) is 0 Å². The molecule has 0 bridgehead atoms. The summed E-state index contributed by atoms with van der Waals surface area (Å²) in [7, 11) is -2.36. The summed E-state index contributed by atoms with van der Waals surface area (Å²) < 4.78 is 32.1. The van der Waals surface area contributed by atoms with E-state index in [0.29, 0.717) is 5.69 Å². The molecular formula is C15H24N2O5S. The van der Waals surface area contributed by atoms with Crippen molar-refractivity contribution in [2.45, 2.75) is 37.6 Å². The Labute approximate surface area is 137 Å². The van der Waals surface area contributed by atoms with E-state index in [4.69, 9.17) is 9.84 Å². The third kappa shape index (κ3) is 5.81. The predicted octanol–water partition coefficient (Wildman–Crippen LogP) is 1.91. The van der Waals surface area contributed by atoms with Gasteiger partial charge in [0.1, 0.15) is 4.90 Å². The highest BCUT2D eigenvalue weighted by Crippen LogP contribution is 2.24. The summed E-state index contributed by atoms with van der Waals surface area (Å²) in [5.74, 6) is -1.17. The molecule has 3 N–H and O–H groups in total. The van der Waals surface area contributed by atoms with Crippen molar-refractivity contribution in [3.8, 4) is 0 Å². The first kappa shape index (κ1) is 19.4. The molecule has 1 aromatic carbocycles. The first-order valence-corrected chi connectivity index (χ1v) is 8.92. The first-order chi connectivity index (χ1) is 10.8. The van der Waals surface area contributed by atoms with E-state index in [9.17, 15) is 13.2 Å². The Balaban J connectivity index is 3.17. The molecule has 0 aliphatic heterocycles. The summed E-state index contributed by atoms with van der Waals surface area (Å²) in [6.45, 7) is 4.33. The Hall–Kier alpha value is -1.64. The summed E-state index contributed by atoms with van der Waals surface area (Å²) in [6, 6.07) is 4.11. The monoisotopic (exact) mass is 344 g/mol. The van der Waals surface area contributed by atoms with Crippen molar-refractivity contribution in [2.24, 2.45) is 0 Å². The van der Waals surface area contributed by atoms with Crippen LogP contribution in [0.25, 0.3) is 0 Å². The van der Waals surface area contributed by atoms with Gasteiger partial charge in [-0.15, -0.1) is 0 Å². The van der Waals surface area contributed by atoms with Crippen LogP contribution >= 0.6 is 0 Å². The molecule has 0 aliphatic rings. The lowest BCUT2D eigenvalue weighted by atomic mass is 10.1. The maximum Gasteiger partial charge on any atom is 0.335 e. The smallest absolute Gasteiger partial charge is 0.335 e. The van der Waals surface area contributed by atoms with Gasteiger partial charge in [-0.2, -0.15) is 0 Å². The number of carboxylic acids is 1. The molecule has 8 heteroatoms. The molecule has 0 spiro atoms. The van der Waals surface area contributed by atoms with Gasteiger partial charge in [0.2, 0.25) is 10.0 Å². The second kappa shape index (κ2) is 8.85.